The van der Waals surface area contributed by atoms with Gasteiger partial charge in [-0.1, -0.05) is 29.8 Å². The number of thioether (sulfide) groups is 1. The van der Waals surface area contributed by atoms with Crippen LogP contribution in [0.5, 0.6) is 0 Å². The van der Waals surface area contributed by atoms with Crippen LogP contribution >= 0.6 is 11.8 Å². The minimum absolute atomic E-state index is 0.280. The summed E-state index contributed by atoms with van der Waals surface area (Å²) in [6.07, 6.45) is 0. The molecule has 1 aromatic carbocycles. The van der Waals surface area contributed by atoms with Gasteiger partial charge in [0.1, 0.15) is 5.82 Å². The van der Waals surface area contributed by atoms with E-state index in [4.69, 9.17) is 5.73 Å². The van der Waals surface area contributed by atoms with Crippen LogP contribution in [0.25, 0.3) is 0 Å². The highest BCUT2D eigenvalue weighted by Crippen LogP contribution is 2.30. The van der Waals surface area contributed by atoms with Gasteiger partial charge in [0.25, 0.3) is 0 Å². The summed E-state index contributed by atoms with van der Waals surface area (Å²) in [6.45, 7) is 3.83. The fraction of sp³-hybridized carbons (Fsp3) is 0.471. The van der Waals surface area contributed by atoms with Crippen molar-refractivity contribution in [2.75, 3.05) is 42.8 Å². The zero-order valence-electron chi connectivity index (χ0n) is 14.4. The van der Waals surface area contributed by atoms with E-state index in [1.165, 1.54) is 11.1 Å². The summed E-state index contributed by atoms with van der Waals surface area (Å²) < 4.78 is 0. The molecule has 7 heteroatoms. The lowest BCUT2D eigenvalue weighted by Crippen LogP contribution is -2.36. The molecule has 0 bridgehead atoms. The molecule has 0 aliphatic carbocycles. The molecule has 0 amide bonds. The third-order valence-electron chi connectivity index (χ3n) is 4.13. The molecule has 2 aromatic rings. The number of nitrogen functional groups attached to an aromatic ring is 1. The van der Waals surface area contributed by atoms with Gasteiger partial charge in [-0.15, -0.1) is 0 Å². The highest BCUT2D eigenvalue weighted by Gasteiger charge is 2.25. The van der Waals surface area contributed by atoms with E-state index >= 15 is 0 Å². The molecule has 6 nitrogen and oxygen atoms in total. The van der Waals surface area contributed by atoms with Crippen molar-refractivity contribution in [2.45, 2.75) is 19.5 Å². The molecule has 128 valence electrons. The fourth-order valence-electron chi connectivity index (χ4n) is 2.80. The van der Waals surface area contributed by atoms with E-state index in [9.17, 15) is 0 Å². The third-order valence-corrected chi connectivity index (χ3v) is 5.16. The molecule has 24 heavy (non-hydrogen) atoms. The average molecular weight is 344 g/mol. The normalized spacial score (nSPS) is 18.5. The van der Waals surface area contributed by atoms with Gasteiger partial charge in [0, 0.05) is 38.2 Å². The number of aromatic nitrogens is 3. The van der Waals surface area contributed by atoms with Crippen molar-refractivity contribution in [3.8, 4) is 0 Å². The predicted molar refractivity (Wildman–Crippen MR) is 100 cm³/mol. The van der Waals surface area contributed by atoms with Crippen molar-refractivity contribution in [3.05, 3.63) is 41.2 Å². The van der Waals surface area contributed by atoms with Gasteiger partial charge in [0.05, 0.1) is 6.54 Å². The Bertz CT molecular complexity index is 688. The Morgan fingerprint density at radius 2 is 1.96 bits per heavy atom. The molecule has 0 radical (unpaired) electrons. The van der Waals surface area contributed by atoms with Crippen LogP contribution < -0.4 is 10.6 Å². The van der Waals surface area contributed by atoms with E-state index in [1.54, 1.807) is 0 Å². The first-order chi connectivity index (χ1) is 11.5. The topological polar surface area (TPSA) is 71.2 Å². The second-order valence-electron chi connectivity index (χ2n) is 6.28. The SMILES string of the molecule is Cc1ccc(C2CSCCN2Cc2nc(N)nc(N(C)C)n2)cc1. The maximum atomic E-state index is 5.85. The van der Waals surface area contributed by atoms with E-state index in [0.29, 0.717) is 18.5 Å². The zero-order valence-corrected chi connectivity index (χ0v) is 15.3. The van der Waals surface area contributed by atoms with Crippen molar-refractivity contribution in [1.82, 2.24) is 19.9 Å². The third kappa shape index (κ3) is 3.96. The van der Waals surface area contributed by atoms with Gasteiger partial charge in [0.2, 0.25) is 11.9 Å². The molecular weight excluding hydrogens is 320 g/mol. The molecule has 1 aliphatic rings. The standard InChI is InChI=1S/C17H24N6S/c1-12-4-6-13(7-5-12)14-11-24-9-8-23(14)10-15-19-16(18)21-17(20-15)22(2)3/h4-7,14H,8-11H2,1-3H3,(H2,18,19,20,21). The Balaban J connectivity index is 1.82. The fourth-order valence-corrected chi connectivity index (χ4v) is 3.96. The number of aryl methyl sites for hydroxylation is 1. The molecule has 1 aromatic heterocycles. The number of rotatable bonds is 4. The Kier molecular flexibility index (Phi) is 5.20. The Morgan fingerprint density at radius 1 is 1.21 bits per heavy atom. The largest absolute Gasteiger partial charge is 0.368 e. The summed E-state index contributed by atoms with van der Waals surface area (Å²) in [4.78, 5) is 17.3. The molecule has 1 unspecified atom stereocenters. The van der Waals surface area contributed by atoms with Crippen molar-refractivity contribution in [3.63, 3.8) is 0 Å². The summed E-state index contributed by atoms with van der Waals surface area (Å²) in [5, 5.41) is 0. The summed E-state index contributed by atoms with van der Waals surface area (Å²) in [5.41, 5.74) is 8.49. The van der Waals surface area contributed by atoms with Gasteiger partial charge < -0.3 is 10.6 Å². The van der Waals surface area contributed by atoms with Crippen LogP contribution in [0.4, 0.5) is 11.9 Å². The number of nitrogens with two attached hydrogens (primary N) is 1. The predicted octanol–water partition coefficient (Wildman–Crippen LogP) is 2.12. The Morgan fingerprint density at radius 3 is 2.67 bits per heavy atom. The van der Waals surface area contributed by atoms with Crippen LogP contribution in [0, 0.1) is 6.92 Å². The molecule has 1 fully saturated rings. The smallest absolute Gasteiger partial charge is 0.229 e. The monoisotopic (exact) mass is 344 g/mol. The van der Waals surface area contributed by atoms with Crippen LogP contribution in [0.3, 0.4) is 0 Å². The second kappa shape index (κ2) is 7.36. The van der Waals surface area contributed by atoms with E-state index in [1.807, 2.05) is 30.8 Å². The van der Waals surface area contributed by atoms with Gasteiger partial charge in [-0.25, -0.2) is 0 Å². The number of hydrogen-bond donors (Lipinski definition) is 1. The lowest BCUT2D eigenvalue weighted by atomic mass is 10.0. The average Bonchev–Trinajstić information content (AvgIpc) is 2.56. The van der Waals surface area contributed by atoms with E-state index in [-0.39, 0.29) is 5.95 Å². The first-order valence-corrected chi connectivity index (χ1v) is 9.24. The molecule has 1 aliphatic heterocycles. The number of anilines is 2. The Labute approximate surface area is 147 Å². The Hall–Kier alpha value is -1.86. The number of benzene rings is 1. The highest BCUT2D eigenvalue weighted by atomic mass is 32.2. The molecular formula is C17H24N6S. The van der Waals surface area contributed by atoms with Gasteiger partial charge in [-0.3, -0.25) is 4.90 Å². The van der Waals surface area contributed by atoms with Gasteiger partial charge in [0.15, 0.2) is 0 Å². The second-order valence-corrected chi connectivity index (χ2v) is 7.43. The maximum Gasteiger partial charge on any atom is 0.229 e. The summed E-state index contributed by atoms with van der Waals surface area (Å²) in [7, 11) is 3.82. The van der Waals surface area contributed by atoms with Crippen molar-refractivity contribution in [2.24, 2.45) is 0 Å². The minimum Gasteiger partial charge on any atom is -0.368 e. The van der Waals surface area contributed by atoms with Crippen LogP contribution in [-0.2, 0) is 6.54 Å². The summed E-state index contributed by atoms with van der Waals surface area (Å²) >= 11 is 2.00. The van der Waals surface area contributed by atoms with Crippen LogP contribution in [-0.4, -0.2) is 52.0 Å². The quantitative estimate of drug-likeness (QED) is 0.911. The first-order valence-electron chi connectivity index (χ1n) is 8.09. The van der Waals surface area contributed by atoms with Gasteiger partial charge >= 0.3 is 0 Å². The maximum absolute atomic E-state index is 5.85. The number of hydrogen-bond acceptors (Lipinski definition) is 7. The molecule has 2 N–H and O–H groups in total. The summed E-state index contributed by atoms with van der Waals surface area (Å²) in [5.74, 6) is 3.83. The van der Waals surface area contributed by atoms with Crippen molar-refractivity contribution in [1.29, 1.82) is 0 Å². The first kappa shape index (κ1) is 17.0. The van der Waals surface area contributed by atoms with Gasteiger partial charge in [-0.2, -0.15) is 26.7 Å². The number of nitrogens with zero attached hydrogens (tertiary/aromatic N) is 5. The van der Waals surface area contributed by atoms with Gasteiger partial charge in [-0.05, 0) is 12.5 Å². The van der Waals surface area contributed by atoms with Crippen molar-refractivity contribution < 1.29 is 0 Å². The molecule has 3 rings (SSSR count). The van der Waals surface area contributed by atoms with E-state index < -0.39 is 0 Å². The van der Waals surface area contributed by atoms with Crippen molar-refractivity contribution >= 4 is 23.7 Å². The van der Waals surface area contributed by atoms with Crippen LogP contribution in [0.15, 0.2) is 24.3 Å². The molecule has 0 spiro atoms. The minimum atomic E-state index is 0.280. The molecule has 2 heterocycles. The van der Waals surface area contributed by atoms with Crippen LogP contribution in [0.1, 0.15) is 23.0 Å². The highest BCUT2D eigenvalue weighted by molar-refractivity contribution is 7.99. The lowest BCUT2D eigenvalue weighted by Gasteiger charge is -2.35. The zero-order chi connectivity index (χ0) is 17.1. The van der Waals surface area contributed by atoms with E-state index in [2.05, 4.69) is 51.0 Å². The molecule has 1 saturated heterocycles. The lowest BCUT2D eigenvalue weighted by molar-refractivity contribution is 0.206. The molecule has 0 saturated carbocycles. The van der Waals surface area contributed by atoms with E-state index in [0.717, 1.165) is 23.9 Å². The molecule has 1 atom stereocenters. The van der Waals surface area contributed by atoms with Crippen LogP contribution in [0.2, 0.25) is 0 Å². The summed E-state index contributed by atoms with van der Waals surface area (Å²) in [6, 6.07) is 9.19.